The van der Waals surface area contributed by atoms with Crippen molar-refractivity contribution in [3.8, 4) is 0 Å². The fourth-order valence-electron chi connectivity index (χ4n) is 1.71. The van der Waals surface area contributed by atoms with Crippen LogP contribution in [0.5, 0.6) is 0 Å². The van der Waals surface area contributed by atoms with Crippen LogP contribution in [0.3, 0.4) is 0 Å². The fraction of sp³-hybridized carbons (Fsp3) is 0.818. The van der Waals surface area contributed by atoms with E-state index in [9.17, 15) is 0 Å². The number of hydrogen-bond acceptors (Lipinski definition) is 2. The molecule has 0 bridgehead atoms. The van der Waals surface area contributed by atoms with Crippen molar-refractivity contribution >= 4 is 0 Å². The second-order valence-electron chi connectivity index (χ2n) is 3.58. The van der Waals surface area contributed by atoms with Crippen molar-refractivity contribution in [2.24, 2.45) is 0 Å². The summed E-state index contributed by atoms with van der Waals surface area (Å²) in [4.78, 5) is 0. The van der Waals surface area contributed by atoms with Crippen LogP contribution in [-0.4, -0.2) is 25.8 Å². The first kappa shape index (κ1) is 10.7. The third kappa shape index (κ3) is 5.06. The number of allylic oxidation sites excluding steroid dienone is 1. The highest BCUT2D eigenvalue weighted by molar-refractivity contribution is 4.76. The quantitative estimate of drug-likeness (QED) is 0.503. The van der Waals surface area contributed by atoms with E-state index in [0.717, 1.165) is 25.8 Å². The molecule has 1 fully saturated rings. The minimum absolute atomic E-state index is 0.753. The Kier molecular flexibility index (Phi) is 5.87. The van der Waals surface area contributed by atoms with E-state index < -0.39 is 0 Å². The van der Waals surface area contributed by atoms with Crippen LogP contribution < -0.4 is 5.32 Å². The van der Waals surface area contributed by atoms with Crippen LogP contribution in [0.1, 0.15) is 32.6 Å². The Morgan fingerprint density at radius 3 is 2.85 bits per heavy atom. The highest BCUT2D eigenvalue weighted by atomic mass is 16.5. The molecular formula is C11H21NO. The van der Waals surface area contributed by atoms with Gasteiger partial charge in [0.2, 0.25) is 0 Å². The molecule has 1 N–H and O–H groups in total. The van der Waals surface area contributed by atoms with Crippen LogP contribution in [0, 0.1) is 0 Å². The van der Waals surface area contributed by atoms with Crippen molar-refractivity contribution < 1.29 is 4.74 Å². The highest BCUT2D eigenvalue weighted by Crippen LogP contribution is 2.17. The molecule has 0 saturated heterocycles. The summed E-state index contributed by atoms with van der Waals surface area (Å²) < 4.78 is 5.38. The van der Waals surface area contributed by atoms with Crippen LogP contribution in [0.2, 0.25) is 0 Å². The lowest BCUT2D eigenvalue weighted by molar-refractivity contribution is 0.161. The summed E-state index contributed by atoms with van der Waals surface area (Å²) in [5.41, 5.74) is 0. The first-order chi connectivity index (χ1) is 6.43. The number of nitrogens with one attached hydrogen (secondary N) is 1. The average molecular weight is 183 g/mol. The third-order valence-corrected chi connectivity index (χ3v) is 2.48. The van der Waals surface area contributed by atoms with Crippen molar-refractivity contribution in [2.45, 2.75) is 38.6 Å². The van der Waals surface area contributed by atoms with Crippen LogP contribution in [0.15, 0.2) is 12.2 Å². The molecule has 0 radical (unpaired) electrons. The lowest BCUT2D eigenvalue weighted by Crippen LogP contribution is -2.29. The predicted octanol–water partition coefficient (Wildman–Crippen LogP) is 2.11. The Balaban J connectivity index is 1.83. The summed E-state index contributed by atoms with van der Waals surface area (Å²) in [6.45, 7) is 4.60. The fourth-order valence-corrected chi connectivity index (χ4v) is 1.71. The summed E-state index contributed by atoms with van der Waals surface area (Å²) in [5.74, 6) is 0. The molecule has 0 aromatic heterocycles. The zero-order valence-corrected chi connectivity index (χ0v) is 8.59. The molecule has 76 valence electrons. The molecule has 0 atom stereocenters. The molecule has 0 heterocycles. The van der Waals surface area contributed by atoms with Crippen molar-refractivity contribution in [3.63, 3.8) is 0 Å². The van der Waals surface area contributed by atoms with Gasteiger partial charge in [-0.25, -0.2) is 0 Å². The van der Waals surface area contributed by atoms with Gasteiger partial charge in [-0.2, -0.15) is 0 Å². The van der Waals surface area contributed by atoms with Crippen LogP contribution >= 0.6 is 0 Å². The molecule has 1 aliphatic rings. The monoisotopic (exact) mass is 183 g/mol. The van der Waals surface area contributed by atoms with Crippen LogP contribution in [0.25, 0.3) is 0 Å². The van der Waals surface area contributed by atoms with Gasteiger partial charge in [-0.15, -0.1) is 0 Å². The molecule has 0 aliphatic heterocycles. The Morgan fingerprint density at radius 2 is 2.15 bits per heavy atom. The maximum Gasteiger partial charge on any atom is 0.0647 e. The highest BCUT2D eigenvalue weighted by Gasteiger charge is 2.12. The molecule has 0 unspecified atom stereocenters. The SMILES string of the molecule is CC=CCOCCNC1CCCC1. The number of hydrogen-bond donors (Lipinski definition) is 1. The molecule has 2 nitrogen and oxygen atoms in total. The Morgan fingerprint density at radius 1 is 1.38 bits per heavy atom. The van der Waals surface area contributed by atoms with E-state index in [0.29, 0.717) is 0 Å². The number of ether oxygens (including phenoxy) is 1. The smallest absolute Gasteiger partial charge is 0.0647 e. The van der Waals surface area contributed by atoms with E-state index in [4.69, 9.17) is 4.74 Å². The van der Waals surface area contributed by atoms with Gasteiger partial charge in [-0.05, 0) is 19.8 Å². The summed E-state index contributed by atoms with van der Waals surface area (Å²) >= 11 is 0. The van der Waals surface area contributed by atoms with Gasteiger partial charge in [-0.3, -0.25) is 0 Å². The molecule has 13 heavy (non-hydrogen) atoms. The molecule has 0 aromatic rings. The van der Waals surface area contributed by atoms with E-state index >= 15 is 0 Å². The van der Waals surface area contributed by atoms with E-state index in [1.165, 1.54) is 25.7 Å². The third-order valence-electron chi connectivity index (χ3n) is 2.48. The molecule has 0 amide bonds. The summed E-state index contributed by atoms with van der Waals surface area (Å²) in [7, 11) is 0. The minimum atomic E-state index is 0.753. The average Bonchev–Trinajstić information content (AvgIpc) is 2.63. The van der Waals surface area contributed by atoms with Gasteiger partial charge in [0.25, 0.3) is 0 Å². The van der Waals surface area contributed by atoms with Crippen molar-refractivity contribution in [1.82, 2.24) is 5.32 Å². The van der Waals surface area contributed by atoms with Gasteiger partial charge in [0, 0.05) is 12.6 Å². The molecule has 1 aliphatic carbocycles. The molecule has 1 saturated carbocycles. The normalized spacial score (nSPS) is 18.8. The van der Waals surface area contributed by atoms with Crippen molar-refractivity contribution in [2.75, 3.05) is 19.8 Å². The molecular weight excluding hydrogens is 162 g/mol. The maximum atomic E-state index is 5.38. The molecule has 0 spiro atoms. The summed E-state index contributed by atoms with van der Waals surface area (Å²) in [6, 6.07) is 0.769. The van der Waals surface area contributed by atoms with Crippen molar-refractivity contribution in [1.29, 1.82) is 0 Å². The van der Waals surface area contributed by atoms with Crippen molar-refractivity contribution in [3.05, 3.63) is 12.2 Å². The lowest BCUT2D eigenvalue weighted by atomic mass is 10.2. The van der Waals surface area contributed by atoms with Crippen LogP contribution in [0.4, 0.5) is 0 Å². The Labute approximate surface area is 81.4 Å². The van der Waals surface area contributed by atoms with Gasteiger partial charge in [0.1, 0.15) is 0 Å². The first-order valence-corrected chi connectivity index (χ1v) is 5.36. The van der Waals surface area contributed by atoms with E-state index in [1.807, 2.05) is 19.1 Å². The topological polar surface area (TPSA) is 21.3 Å². The largest absolute Gasteiger partial charge is 0.376 e. The van der Waals surface area contributed by atoms with Gasteiger partial charge < -0.3 is 10.1 Å². The second kappa shape index (κ2) is 7.10. The zero-order valence-electron chi connectivity index (χ0n) is 8.59. The van der Waals surface area contributed by atoms with Gasteiger partial charge in [0.05, 0.1) is 13.2 Å². The maximum absolute atomic E-state index is 5.38. The zero-order chi connectivity index (χ0) is 9.36. The summed E-state index contributed by atoms with van der Waals surface area (Å²) in [5, 5.41) is 3.51. The van der Waals surface area contributed by atoms with E-state index in [1.54, 1.807) is 0 Å². The molecule has 2 heteroatoms. The minimum Gasteiger partial charge on any atom is -0.376 e. The first-order valence-electron chi connectivity index (χ1n) is 5.36. The Bertz CT molecular complexity index is 139. The molecule has 0 aromatic carbocycles. The van der Waals surface area contributed by atoms with Gasteiger partial charge in [0.15, 0.2) is 0 Å². The van der Waals surface area contributed by atoms with Gasteiger partial charge >= 0.3 is 0 Å². The predicted molar refractivity (Wildman–Crippen MR) is 55.9 cm³/mol. The standard InChI is InChI=1S/C11H21NO/c1-2-3-9-13-10-8-12-11-6-4-5-7-11/h2-3,11-12H,4-10H2,1H3. The van der Waals surface area contributed by atoms with E-state index in [2.05, 4.69) is 5.32 Å². The lowest BCUT2D eigenvalue weighted by Gasteiger charge is -2.10. The molecule has 1 rings (SSSR count). The second-order valence-corrected chi connectivity index (χ2v) is 3.58. The Hall–Kier alpha value is -0.340. The van der Waals surface area contributed by atoms with E-state index in [-0.39, 0.29) is 0 Å². The number of rotatable bonds is 6. The van der Waals surface area contributed by atoms with Gasteiger partial charge in [-0.1, -0.05) is 25.0 Å². The van der Waals surface area contributed by atoms with Crippen LogP contribution in [-0.2, 0) is 4.74 Å². The summed E-state index contributed by atoms with van der Waals surface area (Å²) in [6.07, 6.45) is 9.57.